The first-order valence-corrected chi connectivity index (χ1v) is 5.19. The molecule has 0 aromatic heterocycles. The molecule has 0 spiro atoms. The Morgan fingerprint density at radius 2 is 2.19 bits per heavy atom. The molecule has 0 fully saturated rings. The summed E-state index contributed by atoms with van der Waals surface area (Å²) in [6.45, 7) is 0. The maximum absolute atomic E-state index is 13.5. The number of halogens is 1. The first kappa shape index (κ1) is 11.1. The fourth-order valence-corrected chi connectivity index (χ4v) is 2.52. The first-order valence-electron chi connectivity index (χ1n) is 5.19. The van der Waals surface area contributed by atoms with Crippen LogP contribution in [0, 0.1) is 5.82 Å². The SMILES string of the molecule is CN(C)C1(C(=O)O)CCc2c(F)cccc21. The molecule has 0 amide bonds. The number of carbonyl (C=O) groups is 1. The Hall–Kier alpha value is -1.42. The van der Waals surface area contributed by atoms with Gasteiger partial charge in [0.25, 0.3) is 0 Å². The van der Waals surface area contributed by atoms with Gasteiger partial charge >= 0.3 is 5.97 Å². The molecule has 0 bridgehead atoms. The Balaban J connectivity index is 2.64. The van der Waals surface area contributed by atoms with Crippen LogP contribution in [0.15, 0.2) is 18.2 Å². The smallest absolute Gasteiger partial charge is 0.328 e. The van der Waals surface area contributed by atoms with Gasteiger partial charge in [-0.2, -0.15) is 0 Å². The van der Waals surface area contributed by atoms with Gasteiger partial charge in [0.2, 0.25) is 0 Å². The van der Waals surface area contributed by atoms with Crippen LogP contribution in [0.1, 0.15) is 17.5 Å². The number of aliphatic carboxylic acids is 1. The van der Waals surface area contributed by atoms with E-state index in [1.165, 1.54) is 6.07 Å². The Morgan fingerprint density at radius 3 is 2.75 bits per heavy atom. The van der Waals surface area contributed by atoms with Crippen molar-refractivity contribution >= 4 is 5.97 Å². The molecule has 0 aliphatic heterocycles. The minimum absolute atomic E-state index is 0.303. The van der Waals surface area contributed by atoms with Crippen LogP contribution in [0.5, 0.6) is 0 Å². The number of hydrogen-bond donors (Lipinski definition) is 1. The van der Waals surface area contributed by atoms with Crippen molar-refractivity contribution in [2.75, 3.05) is 14.1 Å². The average molecular weight is 223 g/mol. The van der Waals surface area contributed by atoms with Crippen molar-refractivity contribution in [3.05, 3.63) is 35.1 Å². The monoisotopic (exact) mass is 223 g/mol. The van der Waals surface area contributed by atoms with Gasteiger partial charge in [-0.05, 0) is 44.1 Å². The van der Waals surface area contributed by atoms with Gasteiger partial charge in [0.15, 0.2) is 0 Å². The second-order valence-corrected chi connectivity index (χ2v) is 4.33. The molecule has 1 unspecified atom stereocenters. The third kappa shape index (κ3) is 1.26. The number of benzene rings is 1. The zero-order chi connectivity index (χ0) is 11.9. The Labute approximate surface area is 93.5 Å². The van der Waals surface area contributed by atoms with Gasteiger partial charge in [0.05, 0.1) is 0 Å². The zero-order valence-corrected chi connectivity index (χ0v) is 9.33. The Morgan fingerprint density at radius 1 is 1.50 bits per heavy atom. The third-order valence-electron chi connectivity index (χ3n) is 3.42. The standard InChI is InChI=1S/C12H14FNO2/c1-14(2)12(11(15)16)7-6-8-9(12)4-3-5-10(8)13/h3-5H,6-7H2,1-2H3,(H,15,16). The lowest BCUT2D eigenvalue weighted by Crippen LogP contribution is -2.46. The molecule has 1 N–H and O–H groups in total. The molecular weight excluding hydrogens is 209 g/mol. The summed E-state index contributed by atoms with van der Waals surface area (Å²) >= 11 is 0. The highest BCUT2D eigenvalue weighted by Gasteiger charge is 2.48. The van der Waals surface area contributed by atoms with Gasteiger partial charge in [0.1, 0.15) is 11.4 Å². The summed E-state index contributed by atoms with van der Waals surface area (Å²) in [6.07, 6.45) is 0.901. The number of carboxylic acid groups (broad SMARTS) is 1. The number of likely N-dealkylation sites (N-methyl/N-ethyl adjacent to an activating group) is 1. The van der Waals surface area contributed by atoms with Crippen molar-refractivity contribution in [1.29, 1.82) is 0 Å². The van der Waals surface area contributed by atoms with Crippen LogP contribution in [0.2, 0.25) is 0 Å². The van der Waals surface area contributed by atoms with E-state index in [1.54, 1.807) is 31.1 Å². The van der Waals surface area contributed by atoms with E-state index in [4.69, 9.17) is 0 Å². The van der Waals surface area contributed by atoms with Crippen LogP contribution in [-0.4, -0.2) is 30.1 Å². The summed E-state index contributed by atoms with van der Waals surface area (Å²) in [5.41, 5.74) is 0.0563. The van der Waals surface area contributed by atoms with E-state index in [0.717, 1.165) is 0 Å². The van der Waals surface area contributed by atoms with Crippen molar-refractivity contribution in [2.45, 2.75) is 18.4 Å². The molecule has 4 heteroatoms. The topological polar surface area (TPSA) is 40.5 Å². The maximum Gasteiger partial charge on any atom is 0.328 e. The Kier molecular flexibility index (Phi) is 2.46. The van der Waals surface area contributed by atoms with E-state index in [-0.39, 0.29) is 5.82 Å². The van der Waals surface area contributed by atoms with Crippen LogP contribution in [0.25, 0.3) is 0 Å². The number of fused-ring (bicyclic) bond motifs is 1. The molecule has 0 radical (unpaired) electrons. The van der Waals surface area contributed by atoms with E-state index in [1.807, 2.05) is 0 Å². The number of hydrogen-bond acceptors (Lipinski definition) is 2. The molecule has 1 aliphatic rings. The summed E-state index contributed by atoms with van der Waals surface area (Å²) in [4.78, 5) is 13.1. The minimum Gasteiger partial charge on any atom is -0.480 e. The molecule has 16 heavy (non-hydrogen) atoms. The molecule has 1 atom stereocenters. The summed E-state index contributed by atoms with van der Waals surface area (Å²) in [5, 5.41) is 9.41. The van der Waals surface area contributed by atoms with Crippen LogP contribution in [0.3, 0.4) is 0 Å². The van der Waals surface area contributed by atoms with Gasteiger partial charge in [-0.15, -0.1) is 0 Å². The highest BCUT2D eigenvalue weighted by molar-refractivity contribution is 5.82. The third-order valence-corrected chi connectivity index (χ3v) is 3.42. The van der Waals surface area contributed by atoms with E-state index in [9.17, 15) is 14.3 Å². The van der Waals surface area contributed by atoms with Crippen LogP contribution in [0.4, 0.5) is 4.39 Å². The average Bonchev–Trinajstić information content (AvgIpc) is 2.59. The van der Waals surface area contributed by atoms with E-state index in [2.05, 4.69) is 0 Å². The molecule has 1 aromatic rings. The van der Waals surface area contributed by atoms with Crippen LogP contribution >= 0.6 is 0 Å². The van der Waals surface area contributed by atoms with Crippen molar-refractivity contribution in [3.8, 4) is 0 Å². The molecule has 1 aliphatic carbocycles. The quantitative estimate of drug-likeness (QED) is 0.828. The summed E-state index contributed by atoms with van der Waals surface area (Å²) in [7, 11) is 3.43. The highest BCUT2D eigenvalue weighted by Crippen LogP contribution is 2.41. The minimum atomic E-state index is -1.07. The fraction of sp³-hybridized carbons (Fsp3) is 0.417. The second-order valence-electron chi connectivity index (χ2n) is 4.33. The zero-order valence-electron chi connectivity index (χ0n) is 9.33. The molecule has 3 nitrogen and oxygen atoms in total. The normalized spacial score (nSPS) is 23.5. The summed E-state index contributed by atoms with van der Waals surface area (Å²) in [5.74, 6) is -1.22. The summed E-state index contributed by atoms with van der Waals surface area (Å²) < 4.78 is 13.5. The number of nitrogens with zero attached hydrogens (tertiary/aromatic N) is 1. The Bertz CT molecular complexity index is 445. The molecule has 0 saturated carbocycles. The number of rotatable bonds is 2. The maximum atomic E-state index is 13.5. The van der Waals surface area contributed by atoms with Crippen LogP contribution < -0.4 is 0 Å². The number of carboxylic acids is 1. The lowest BCUT2D eigenvalue weighted by molar-refractivity contribution is -0.150. The van der Waals surface area contributed by atoms with Gasteiger partial charge in [-0.1, -0.05) is 12.1 Å². The van der Waals surface area contributed by atoms with Crippen molar-refractivity contribution in [2.24, 2.45) is 0 Å². The molecule has 1 aromatic carbocycles. The summed E-state index contributed by atoms with van der Waals surface area (Å²) in [6, 6.07) is 4.66. The molecule has 0 heterocycles. The lowest BCUT2D eigenvalue weighted by Gasteiger charge is -2.32. The first-order chi connectivity index (χ1) is 7.50. The highest BCUT2D eigenvalue weighted by atomic mass is 19.1. The molecule has 0 saturated heterocycles. The van der Waals surface area contributed by atoms with Crippen LogP contribution in [-0.2, 0) is 16.8 Å². The predicted molar refractivity (Wildman–Crippen MR) is 57.7 cm³/mol. The van der Waals surface area contributed by atoms with Crippen molar-refractivity contribution < 1.29 is 14.3 Å². The molecule has 86 valence electrons. The largest absolute Gasteiger partial charge is 0.480 e. The predicted octanol–water partition coefficient (Wildman–Crippen LogP) is 1.61. The van der Waals surface area contributed by atoms with Gasteiger partial charge in [0, 0.05) is 0 Å². The fourth-order valence-electron chi connectivity index (χ4n) is 2.52. The lowest BCUT2D eigenvalue weighted by atomic mass is 9.90. The van der Waals surface area contributed by atoms with Crippen molar-refractivity contribution in [3.63, 3.8) is 0 Å². The molecule has 2 rings (SSSR count). The van der Waals surface area contributed by atoms with Crippen molar-refractivity contribution in [1.82, 2.24) is 4.90 Å². The van der Waals surface area contributed by atoms with E-state index < -0.39 is 11.5 Å². The van der Waals surface area contributed by atoms with Gasteiger partial charge in [-0.3, -0.25) is 4.90 Å². The second kappa shape index (κ2) is 3.56. The van der Waals surface area contributed by atoms with Gasteiger partial charge in [-0.25, -0.2) is 9.18 Å². The van der Waals surface area contributed by atoms with Gasteiger partial charge < -0.3 is 5.11 Å². The molecular formula is C12H14FNO2. The van der Waals surface area contributed by atoms with E-state index in [0.29, 0.717) is 24.0 Å². The van der Waals surface area contributed by atoms with E-state index >= 15 is 0 Å².